The van der Waals surface area contributed by atoms with Gasteiger partial charge in [-0.3, -0.25) is 9.59 Å². The zero-order valence-electron chi connectivity index (χ0n) is 14.7. The van der Waals surface area contributed by atoms with E-state index < -0.39 is 23.4 Å². The predicted octanol–water partition coefficient (Wildman–Crippen LogP) is 1.83. The van der Waals surface area contributed by atoms with E-state index in [2.05, 4.69) is 6.92 Å². The molecule has 3 aliphatic rings. The fourth-order valence-corrected chi connectivity index (χ4v) is 4.24. The molecule has 2 saturated carbocycles. The number of rotatable bonds is 4. The van der Waals surface area contributed by atoms with Gasteiger partial charge in [-0.2, -0.15) is 0 Å². The van der Waals surface area contributed by atoms with Crippen molar-refractivity contribution >= 4 is 11.9 Å². The van der Waals surface area contributed by atoms with Crippen LogP contribution in [0.25, 0.3) is 0 Å². The summed E-state index contributed by atoms with van der Waals surface area (Å²) in [7, 11) is 1.31. The van der Waals surface area contributed by atoms with Crippen molar-refractivity contribution in [2.45, 2.75) is 69.7 Å². The second-order valence-electron chi connectivity index (χ2n) is 8.17. The first-order chi connectivity index (χ1) is 11.2. The summed E-state index contributed by atoms with van der Waals surface area (Å²) in [5.41, 5.74) is -0.877. The van der Waals surface area contributed by atoms with Crippen LogP contribution in [-0.2, 0) is 23.8 Å². The Morgan fingerprint density at radius 1 is 1.17 bits per heavy atom. The minimum Gasteiger partial charge on any atom is -0.469 e. The summed E-state index contributed by atoms with van der Waals surface area (Å²) in [6.45, 7) is 4.21. The molecule has 0 radical (unpaired) electrons. The molecule has 1 saturated heterocycles. The molecule has 0 bridgehead atoms. The molecule has 6 unspecified atom stereocenters. The summed E-state index contributed by atoms with van der Waals surface area (Å²) < 4.78 is 16.0. The van der Waals surface area contributed by atoms with Crippen LogP contribution in [0.1, 0.15) is 52.4 Å². The molecule has 3 rings (SSSR count). The minimum absolute atomic E-state index is 0.0610. The highest BCUT2D eigenvalue weighted by molar-refractivity contribution is 5.82. The Bertz CT molecular complexity index is 516. The van der Waals surface area contributed by atoms with Gasteiger partial charge in [0.15, 0.2) is 0 Å². The van der Waals surface area contributed by atoms with Crippen LogP contribution in [0.4, 0.5) is 0 Å². The summed E-state index contributed by atoms with van der Waals surface area (Å²) >= 11 is 0. The summed E-state index contributed by atoms with van der Waals surface area (Å²) in [6, 6.07) is 0. The molecule has 136 valence electrons. The van der Waals surface area contributed by atoms with Crippen molar-refractivity contribution in [3.63, 3.8) is 0 Å². The maximum Gasteiger partial charge on any atom is 0.309 e. The Kier molecular flexibility index (Phi) is 4.64. The Balaban J connectivity index is 1.54. The smallest absolute Gasteiger partial charge is 0.309 e. The van der Waals surface area contributed by atoms with E-state index in [9.17, 15) is 14.7 Å². The van der Waals surface area contributed by atoms with Crippen molar-refractivity contribution in [1.29, 1.82) is 0 Å². The Hall–Kier alpha value is -1.14. The van der Waals surface area contributed by atoms with Gasteiger partial charge in [-0.15, -0.1) is 0 Å². The third kappa shape index (κ3) is 3.59. The van der Waals surface area contributed by atoms with Crippen molar-refractivity contribution in [1.82, 2.24) is 0 Å². The molecule has 2 aliphatic carbocycles. The SMILES string of the molecule is COC(=O)C1CC(C)(O)CCC1C(=O)OCC1CCC2(C)OC2C1. The van der Waals surface area contributed by atoms with Crippen molar-refractivity contribution in [3.8, 4) is 0 Å². The lowest BCUT2D eigenvalue weighted by molar-refractivity contribution is -0.167. The lowest BCUT2D eigenvalue weighted by atomic mass is 9.72. The highest BCUT2D eigenvalue weighted by Crippen LogP contribution is 2.49. The highest BCUT2D eigenvalue weighted by atomic mass is 16.6. The first-order valence-electron chi connectivity index (χ1n) is 8.89. The summed E-state index contributed by atoms with van der Waals surface area (Å²) in [6.07, 6.45) is 4.41. The van der Waals surface area contributed by atoms with Gasteiger partial charge in [0.1, 0.15) is 0 Å². The largest absolute Gasteiger partial charge is 0.469 e. The Morgan fingerprint density at radius 2 is 1.92 bits per heavy atom. The molecular formula is C18H28O6. The molecular weight excluding hydrogens is 312 g/mol. The van der Waals surface area contributed by atoms with Gasteiger partial charge in [0.25, 0.3) is 0 Å². The molecule has 0 aromatic carbocycles. The van der Waals surface area contributed by atoms with Crippen molar-refractivity contribution in [2.24, 2.45) is 17.8 Å². The van der Waals surface area contributed by atoms with Crippen LogP contribution < -0.4 is 0 Å². The fraction of sp³-hybridized carbons (Fsp3) is 0.889. The van der Waals surface area contributed by atoms with Gasteiger partial charge in [0.2, 0.25) is 0 Å². The van der Waals surface area contributed by atoms with Gasteiger partial charge in [0, 0.05) is 0 Å². The van der Waals surface area contributed by atoms with Gasteiger partial charge >= 0.3 is 11.9 Å². The van der Waals surface area contributed by atoms with E-state index in [0.717, 1.165) is 19.3 Å². The molecule has 1 aliphatic heterocycles. The third-order valence-electron chi connectivity index (χ3n) is 6.04. The number of esters is 2. The van der Waals surface area contributed by atoms with Crippen LogP contribution in [0.5, 0.6) is 0 Å². The number of ether oxygens (including phenoxy) is 3. The first-order valence-corrected chi connectivity index (χ1v) is 8.89. The maximum absolute atomic E-state index is 12.5. The van der Waals surface area contributed by atoms with E-state index in [-0.39, 0.29) is 18.0 Å². The molecule has 0 aromatic heterocycles. The van der Waals surface area contributed by atoms with Gasteiger partial charge < -0.3 is 19.3 Å². The topological polar surface area (TPSA) is 85.4 Å². The molecule has 6 heteroatoms. The molecule has 0 amide bonds. The zero-order chi connectivity index (χ0) is 17.5. The second kappa shape index (κ2) is 6.30. The molecule has 6 nitrogen and oxygen atoms in total. The zero-order valence-corrected chi connectivity index (χ0v) is 14.7. The summed E-state index contributed by atoms with van der Waals surface area (Å²) in [5, 5.41) is 10.2. The van der Waals surface area contributed by atoms with E-state index in [1.807, 2.05) is 0 Å². The summed E-state index contributed by atoms with van der Waals surface area (Å²) in [5.74, 6) is -1.61. The normalized spacial score (nSPS) is 44.3. The van der Waals surface area contributed by atoms with Crippen LogP contribution in [0, 0.1) is 17.8 Å². The average molecular weight is 340 g/mol. The van der Waals surface area contributed by atoms with Crippen LogP contribution in [0.15, 0.2) is 0 Å². The van der Waals surface area contributed by atoms with Crippen LogP contribution >= 0.6 is 0 Å². The monoisotopic (exact) mass is 340 g/mol. The molecule has 6 atom stereocenters. The molecule has 3 fully saturated rings. The molecule has 1 N–H and O–H groups in total. The molecule has 1 heterocycles. The number of fused-ring (bicyclic) bond motifs is 1. The minimum atomic E-state index is -0.938. The third-order valence-corrected chi connectivity index (χ3v) is 6.04. The lowest BCUT2D eigenvalue weighted by Crippen LogP contribution is -2.44. The maximum atomic E-state index is 12.5. The number of aliphatic hydroxyl groups is 1. The van der Waals surface area contributed by atoms with E-state index in [4.69, 9.17) is 14.2 Å². The van der Waals surface area contributed by atoms with E-state index in [1.165, 1.54) is 7.11 Å². The second-order valence-corrected chi connectivity index (χ2v) is 8.17. The predicted molar refractivity (Wildman–Crippen MR) is 85.0 cm³/mol. The fourth-order valence-electron chi connectivity index (χ4n) is 4.24. The van der Waals surface area contributed by atoms with Crippen LogP contribution in [0.3, 0.4) is 0 Å². The number of carbonyl (C=O) groups excluding carboxylic acids is 2. The standard InChI is InChI=1S/C18H28O6/c1-17(21)6-5-12(13(9-17)15(19)22-3)16(20)23-10-11-4-7-18(2)14(8-11)24-18/h11-14,21H,4-10H2,1-3H3. The van der Waals surface area contributed by atoms with E-state index >= 15 is 0 Å². The van der Waals surface area contributed by atoms with Crippen molar-refractivity contribution < 1.29 is 28.9 Å². The molecule has 0 spiro atoms. The quantitative estimate of drug-likeness (QED) is 0.621. The summed E-state index contributed by atoms with van der Waals surface area (Å²) in [4.78, 5) is 24.5. The first kappa shape index (κ1) is 17.7. The Labute approximate surface area is 142 Å². The van der Waals surface area contributed by atoms with Crippen molar-refractivity contribution in [2.75, 3.05) is 13.7 Å². The lowest BCUT2D eigenvalue weighted by Gasteiger charge is -2.37. The number of hydrogen-bond donors (Lipinski definition) is 1. The highest BCUT2D eigenvalue weighted by Gasteiger charge is 2.55. The van der Waals surface area contributed by atoms with Crippen LogP contribution in [-0.4, -0.2) is 48.1 Å². The number of methoxy groups -OCH3 is 1. The number of epoxide rings is 1. The van der Waals surface area contributed by atoms with Crippen molar-refractivity contribution in [3.05, 3.63) is 0 Å². The average Bonchev–Trinajstić information content (AvgIpc) is 3.21. The molecule has 0 aromatic rings. The van der Waals surface area contributed by atoms with E-state index in [1.54, 1.807) is 6.92 Å². The molecule has 24 heavy (non-hydrogen) atoms. The number of carbonyl (C=O) groups is 2. The van der Waals surface area contributed by atoms with E-state index in [0.29, 0.717) is 31.5 Å². The van der Waals surface area contributed by atoms with Gasteiger partial charge in [-0.05, 0) is 58.3 Å². The number of hydrogen-bond acceptors (Lipinski definition) is 6. The van der Waals surface area contributed by atoms with Gasteiger partial charge in [0.05, 0.1) is 42.9 Å². The van der Waals surface area contributed by atoms with Crippen LogP contribution in [0.2, 0.25) is 0 Å². The van der Waals surface area contributed by atoms with Gasteiger partial charge in [-0.25, -0.2) is 0 Å². The van der Waals surface area contributed by atoms with Gasteiger partial charge in [-0.1, -0.05) is 0 Å². The Morgan fingerprint density at radius 3 is 2.58 bits per heavy atom.